The van der Waals surface area contributed by atoms with Gasteiger partial charge in [0, 0.05) is 38.6 Å². The number of hydrogen-bond donors (Lipinski definition) is 0. The number of rotatable bonds is 48. The molecule has 26 heteroatoms. The molecule has 2 aliphatic heterocycles. The average molecular weight is 994 g/mol. The maximum Gasteiger partial charge on any atom is 0.335 e. The van der Waals surface area contributed by atoms with E-state index in [1.807, 2.05) is 0 Å². The van der Waals surface area contributed by atoms with E-state index in [1.54, 1.807) is 10.9 Å². The summed E-state index contributed by atoms with van der Waals surface area (Å²) in [7, 11) is 0. The largest absolute Gasteiger partial charge is 0.378 e. The molecule has 3 rings (SSSR count). The van der Waals surface area contributed by atoms with Crippen LogP contribution in [0.5, 0.6) is 0 Å². The van der Waals surface area contributed by atoms with E-state index in [-0.39, 0.29) is 58.3 Å². The fourth-order valence-corrected chi connectivity index (χ4v) is 5.64. The molecule has 2 saturated heterocycles. The third-order valence-corrected chi connectivity index (χ3v) is 9.17. The van der Waals surface area contributed by atoms with Gasteiger partial charge in [-0.2, -0.15) is 0 Å². The summed E-state index contributed by atoms with van der Waals surface area (Å²) in [6.45, 7) is 11.1. The molecule has 69 heavy (non-hydrogen) atoms. The average Bonchev–Trinajstić information content (AvgIpc) is 4.03. The second kappa shape index (κ2) is 40.6. The zero-order valence-corrected chi connectivity index (χ0v) is 39.6. The van der Waals surface area contributed by atoms with Crippen LogP contribution < -0.4 is 0 Å². The summed E-state index contributed by atoms with van der Waals surface area (Å²) >= 11 is 0. The third kappa shape index (κ3) is 30.9. The lowest BCUT2D eigenvalue weighted by atomic mass is 10.2. The number of nitrogens with zero attached hydrogens (tertiary/aromatic N) is 5. The number of unbranched alkanes of at least 4 members (excludes halogenated alkanes) is 1. The Bertz CT molecular complexity index is 1520. The number of carbonyl (C=O) groups excluding carboxylic acids is 6. The van der Waals surface area contributed by atoms with Crippen LogP contribution in [0.1, 0.15) is 57.1 Å². The second-order valence-electron chi connectivity index (χ2n) is 14.7. The van der Waals surface area contributed by atoms with Gasteiger partial charge >= 0.3 is 11.9 Å². The van der Waals surface area contributed by atoms with Gasteiger partial charge in [0.25, 0.3) is 23.6 Å². The van der Waals surface area contributed by atoms with E-state index in [0.717, 1.165) is 0 Å². The summed E-state index contributed by atoms with van der Waals surface area (Å²) < 4.78 is 72.8. The van der Waals surface area contributed by atoms with Crippen LogP contribution in [-0.2, 0) is 113 Å². The van der Waals surface area contributed by atoms with Crippen molar-refractivity contribution < 1.29 is 100 Å². The summed E-state index contributed by atoms with van der Waals surface area (Å²) in [6.07, 6.45) is 3.15. The Hall–Kier alpha value is -4.16. The van der Waals surface area contributed by atoms with Crippen molar-refractivity contribution in [2.45, 2.75) is 64.5 Å². The highest BCUT2D eigenvalue weighted by molar-refractivity contribution is 6.02. The Morgan fingerprint density at radius 3 is 1.01 bits per heavy atom. The lowest BCUT2D eigenvalue weighted by Gasteiger charge is -2.12. The number of amides is 4. The van der Waals surface area contributed by atoms with Crippen molar-refractivity contribution in [3.63, 3.8) is 0 Å². The number of aryl methyl sites for hydroxylation is 1. The van der Waals surface area contributed by atoms with Gasteiger partial charge in [0.05, 0.1) is 184 Å². The molecular formula is C43H71N5O21. The zero-order valence-electron chi connectivity index (χ0n) is 39.6. The van der Waals surface area contributed by atoms with E-state index in [2.05, 4.69) is 10.3 Å². The molecule has 0 atom stereocenters. The first-order chi connectivity index (χ1) is 33.8. The quantitative estimate of drug-likeness (QED) is 0.0602. The van der Waals surface area contributed by atoms with Crippen LogP contribution in [0, 0.1) is 0 Å². The van der Waals surface area contributed by atoms with Gasteiger partial charge in [-0.25, -0.2) is 9.59 Å². The monoisotopic (exact) mass is 993 g/mol. The first-order valence-corrected chi connectivity index (χ1v) is 23.4. The van der Waals surface area contributed by atoms with Gasteiger partial charge in [-0.15, -0.1) is 15.2 Å². The van der Waals surface area contributed by atoms with E-state index >= 15 is 0 Å². The summed E-state index contributed by atoms with van der Waals surface area (Å²) in [5.41, 5.74) is 0.672. The number of carbonyl (C=O) groups is 6. The van der Waals surface area contributed by atoms with Crippen LogP contribution in [0.25, 0.3) is 0 Å². The van der Waals surface area contributed by atoms with Crippen molar-refractivity contribution in [1.82, 2.24) is 25.1 Å². The highest BCUT2D eigenvalue weighted by Gasteiger charge is 2.33. The van der Waals surface area contributed by atoms with Crippen LogP contribution in [0.2, 0.25) is 0 Å². The summed E-state index contributed by atoms with van der Waals surface area (Å²) in [5.74, 6) is -3.35. The fourth-order valence-electron chi connectivity index (χ4n) is 5.64. The Kier molecular flexibility index (Phi) is 34.8. The molecule has 0 N–H and O–H groups in total. The highest BCUT2D eigenvalue weighted by atomic mass is 16.7. The van der Waals surface area contributed by atoms with Gasteiger partial charge in [0.1, 0.15) is 5.69 Å². The Balaban J connectivity index is 0.901. The second-order valence-corrected chi connectivity index (χ2v) is 14.7. The van der Waals surface area contributed by atoms with Crippen LogP contribution in [0.15, 0.2) is 6.20 Å². The van der Waals surface area contributed by atoms with Crippen molar-refractivity contribution in [2.24, 2.45) is 0 Å². The highest BCUT2D eigenvalue weighted by Crippen LogP contribution is 2.14. The number of ether oxygens (including phenoxy) is 13. The number of hydrogen-bond acceptors (Lipinski definition) is 23. The molecule has 0 unspecified atom stereocenters. The molecule has 1 aromatic heterocycles. The van der Waals surface area contributed by atoms with Crippen LogP contribution in [0.4, 0.5) is 0 Å². The topological polar surface area (TPSA) is 278 Å². The minimum atomic E-state index is -0.707. The molecule has 3 heterocycles. The van der Waals surface area contributed by atoms with Gasteiger partial charge in [-0.3, -0.25) is 23.9 Å². The molecule has 2 fully saturated rings. The minimum Gasteiger partial charge on any atom is -0.378 e. The molecule has 1 aromatic rings. The molecule has 0 radical (unpaired) electrons. The number of aromatic nitrogens is 3. The van der Waals surface area contributed by atoms with Gasteiger partial charge in [-0.1, -0.05) is 5.21 Å². The molecule has 26 nitrogen and oxygen atoms in total. The Morgan fingerprint density at radius 1 is 0.391 bits per heavy atom. The Morgan fingerprint density at radius 2 is 0.681 bits per heavy atom. The normalized spacial score (nSPS) is 14.0. The molecule has 0 aliphatic carbocycles. The van der Waals surface area contributed by atoms with Crippen LogP contribution >= 0.6 is 0 Å². The number of imide groups is 2. The van der Waals surface area contributed by atoms with E-state index in [1.165, 1.54) is 0 Å². The van der Waals surface area contributed by atoms with E-state index in [4.69, 9.17) is 71.3 Å². The third-order valence-electron chi connectivity index (χ3n) is 9.17. The predicted molar refractivity (Wildman–Crippen MR) is 232 cm³/mol. The first kappa shape index (κ1) is 59.2. The molecular weight excluding hydrogens is 922 g/mol. The van der Waals surface area contributed by atoms with E-state index < -0.39 is 35.6 Å². The van der Waals surface area contributed by atoms with Crippen molar-refractivity contribution in [1.29, 1.82) is 0 Å². The predicted octanol–water partition coefficient (Wildman–Crippen LogP) is -0.231. The molecule has 0 spiro atoms. The SMILES string of the molecule is O=C(CCCCn1cc(COCCOCCOCCOCCOCCOCCOCCOCCOCCOCCOCCOCCOCCC(=O)ON2C(=O)CCC2=O)nn1)ON1C(=O)CCC1=O. The summed E-state index contributed by atoms with van der Waals surface area (Å²) in [6, 6.07) is 0. The maximum absolute atomic E-state index is 11.9. The van der Waals surface area contributed by atoms with E-state index in [0.29, 0.717) is 187 Å². The van der Waals surface area contributed by atoms with Gasteiger partial charge in [-0.05, 0) is 12.8 Å². The molecule has 4 amide bonds. The van der Waals surface area contributed by atoms with Crippen LogP contribution in [-0.4, -0.2) is 226 Å². The zero-order chi connectivity index (χ0) is 49.3. The van der Waals surface area contributed by atoms with Crippen LogP contribution in [0.3, 0.4) is 0 Å². The van der Waals surface area contributed by atoms with Gasteiger partial charge < -0.3 is 71.3 Å². The smallest absolute Gasteiger partial charge is 0.335 e. The molecule has 0 aromatic carbocycles. The van der Waals surface area contributed by atoms with Crippen molar-refractivity contribution in [3.05, 3.63) is 11.9 Å². The van der Waals surface area contributed by atoms with Crippen molar-refractivity contribution in [3.8, 4) is 0 Å². The Labute approximate surface area is 401 Å². The van der Waals surface area contributed by atoms with Gasteiger partial charge in [0.2, 0.25) is 0 Å². The van der Waals surface area contributed by atoms with Crippen molar-refractivity contribution in [2.75, 3.05) is 165 Å². The summed E-state index contributed by atoms with van der Waals surface area (Å²) in [5, 5.41) is 9.19. The maximum atomic E-state index is 11.9. The lowest BCUT2D eigenvalue weighted by Crippen LogP contribution is -2.32. The van der Waals surface area contributed by atoms with E-state index in [9.17, 15) is 28.8 Å². The number of hydroxylamine groups is 4. The standard InChI is InChI=1S/C43H71N5O21/c49-38-4-5-39(50)47(38)68-42(53)3-1-2-9-46-35-37(44-45-46)36-67-34-33-66-32-31-65-30-29-64-28-27-63-26-25-62-24-23-61-22-21-60-20-19-59-18-17-58-16-15-57-14-13-56-12-11-55-10-8-43(54)69-48-40(51)6-7-41(48)52/h35H,1-34,36H2. The fraction of sp³-hybridized carbons (Fsp3) is 0.814. The first-order valence-electron chi connectivity index (χ1n) is 23.4. The molecule has 2 aliphatic rings. The molecule has 394 valence electrons. The lowest BCUT2D eigenvalue weighted by molar-refractivity contribution is -0.198. The summed E-state index contributed by atoms with van der Waals surface area (Å²) in [4.78, 5) is 79.1. The molecule has 0 saturated carbocycles. The minimum absolute atomic E-state index is 0.0506. The van der Waals surface area contributed by atoms with Gasteiger partial charge in [0.15, 0.2) is 0 Å². The van der Waals surface area contributed by atoms with Crippen molar-refractivity contribution >= 4 is 35.6 Å². The molecule has 0 bridgehead atoms.